The van der Waals surface area contributed by atoms with Gasteiger partial charge in [0.25, 0.3) is 14.7 Å². The molecule has 45 heavy (non-hydrogen) atoms. The Kier molecular flexibility index (Phi) is 14.2. The number of aliphatic hydroxyl groups is 2. The van der Waals surface area contributed by atoms with Crippen LogP contribution in [0.25, 0.3) is 0 Å². The molecule has 0 heterocycles. The van der Waals surface area contributed by atoms with Gasteiger partial charge < -0.3 is 20.0 Å². The van der Waals surface area contributed by atoms with Crippen LogP contribution in [-0.4, -0.2) is 32.2 Å². The van der Waals surface area contributed by atoms with E-state index >= 15 is 0 Å². The van der Waals surface area contributed by atoms with Gasteiger partial charge in [-0.05, 0) is 65.8 Å². The van der Waals surface area contributed by atoms with Crippen molar-refractivity contribution in [3.05, 3.63) is 121 Å². The summed E-state index contributed by atoms with van der Waals surface area (Å²) in [4.78, 5) is 20.0. The van der Waals surface area contributed by atoms with Gasteiger partial charge >= 0.3 is 0 Å². The lowest BCUT2D eigenvalue weighted by Crippen LogP contribution is -2.45. The fraction of sp³-hybridized carbons (Fsp3) is 0.351. The Balaban J connectivity index is 0.000000235. The molecular weight excluding hydrogens is 602 g/mol. The predicted molar refractivity (Wildman–Crippen MR) is 189 cm³/mol. The monoisotopic (exact) mass is 652 g/mol. The maximum Gasteiger partial charge on any atom is 0.258 e. The molecule has 0 aliphatic rings. The zero-order valence-electron chi connectivity index (χ0n) is 27.5. The summed E-state index contributed by atoms with van der Waals surface area (Å²) in [5.41, 5.74) is -0.347. The largest absolute Gasteiger partial charge is 0.392 e. The van der Waals surface area contributed by atoms with E-state index in [0.29, 0.717) is 21.2 Å². The minimum atomic E-state index is -3.40. The minimum absolute atomic E-state index is 0.0509. The maximum absolute atomic E-state index is 12.2. The molecule has 0 saturated heterocycles. The molecule has 0 radical (unpaired) electrons. The zero-order valence-corrected chi connectivity index (χ0v) is 29.3. The van der Waals surface area contributed by atoms with Gasteiger partial charge in [-0.2, -0.15) is 0 Å². The van der Waals surface area contributed by atoms with E-state index in [1.54, 1.807) is 97.1 Å². The van der Waals surface area contributed by atoms with Crippen molar-refractivity contribution in [2.45, 2.75) is 67.1 Å². The van der Waals surface area contributed by atoms with Crippen LogP contribution in [0.3, 0.4) is 0 Å². The van der Waals surface area contributed by atoms with Crippen molar-refractivity contribution in [2.75, 3.05) is 0 Å². The van der Waals surface area contributed by atoms with Crippen molar-refractivity contribution in [1.29, 1.82) is 0 Å². The van der Waals surface area contributed by atoms with E-state index in [2.05, 4.69) is 0 Å². The molecule has 0 spiro atoms. The van der Waals surface area contributed by atoms with Crippen LogP contribution in [0.15, 0.2) is 121 Å². The maximum atomic E-state index is 12.2. The summed E-state index contributed by atoms with van der Waals surface area (Å²) in [6.45, 7) is 14.1. The highest BCUT2D eigenvalue weighted by Crippen LogP contribution is 2.38. The lowest BCUT2D eigenvalue weighted by molar-refractivity contribution is -0.0809. The topological polar surface area (TPSA) is 115 Å². The van der Waals surface area contributed by atoms with Crippen LogP contribution in [0.1, 0.15) is 54.9 Å². The lowest BCUT2D eigenvalue weighted by atomic mass is 9.71. The summed E-state index contributed by atoms with van der Waals surface area (Å²) in [5.74, 6) is -0.0509. The van der Waals surface area contributed by atoms with Gasteiger partial charge in [-0.1, -0.05) is 121 Å². The van der Waals surface area contributed by atoms with Crippen LogP contribution < -0.4 is 21.2 Å². The third-order valence-electron chi connectivity index (χ3n) is 7.48. The van der Waals surface area contributed by atoms with Crippen molar-refractivity contribution < 1.29 is 29.1 Å². The molecule has 4 rings (SSSR count). The number of aliphatic hydroxyl groups excluding tert-OH is 2. The van der Waals surface area contributed by atoms with Gasteiger partial charge in [0.1, 0.15) is 0 Å². The second-order valence-electron chi connectivity index (χ2n) is 13.2. The smallest absolute Gasteiger partial charge is 0.258 e. The molecule has 0 amide bonds. The third-order valence-corrected chi connectivity index (χ3v) is 11.5. The van der Waals surface area contributed by atoms with Gasteiger partial charge in [-0.15, -0.1) is 0 Å². The molecule has 2 unspecified atom stereocenters. The van der Waals surface area contributed by atoms with E-state index in [1.165, 1.54) is 0 Å². The Morgan fingerprint density at radius 2 is 0.689 bits per heavy atom. The van der Waals surface area contributed by atoms with Crippen LogP contribution in [0, 0.1) is 16.7 Å². The Morgan fingerprint density at radius 1 is 0.489 bits per heavy atom. The molecule has 4 N–H and O–H groups in total. The van der Waals surface area contributed by atoms with Gasteiger partial charge in [0.2, 0.25) is 0 Å². The molecule has 0 aromatic heterocycles. The van der Waals surface area contributed by atoms with Crippen molar-refractivity contribution >= 4 is 36.0 Å². The van der Waals surface area contributed by atoms with Gasteiger partial charge in [-0.25, -0.2) is 0 Å². The lowest BCUT2D eigenvalue weighted by Gasteiger charge is -2.40. The van der Waals surface area contributed by atoms with Crippen LogP contribution in [-0.2, 0) is 9.13 Å². The quantitative estimate of drug-likeness (QED) is 0.167. The molecule has 0 bridgehead atoms. The van der Waals surface area contributed by atoms with Crippen LogP contribution in [0.2, 0.25) is 0 Å². The van der Waals surface area contributed by atoms with Crippen LogP contribution in [0.5, 0.6) is 0 Å². The third kappa shape index (κ3) is 11.2. The van der Waals surface area contributed by atoms with E-state index in [9.17, 15) is 29.1 Å². The first kappa shape index (κ1) is 38.4. The zero-order chi connectivity index (χ0) is 33.9. The van der Waals surface area contributed by atoms with Gasteiger partial charge in [-0.3, -0.25) is 9.13 Å². The molecule has 0 fully saturated rings. The average Bonchev–Trinajstić information content (AvgIpc) is 3.03. The Bertz CT molecular complexity index is 1300. The molecule has 8 heteroatoms. The summed E-state index contributed by atoms with van der Waals surface area (Å²) in [7, 11) is -6.79. The first-order valence-corrected chi connectivity index (χ1v) is 18.5. The Morgan fingerprint density at radius 3 is 0.844 bits per heavy atom. The molecule has 4 aromatic rings. The SMILES string of the molecule is CCC(C(O)C(C)(C)C)C(O)C(C)(C)C.O=P(O)(c1ccccc1)c1ccccc1.O=P(O)(c1ccccc1)c1ccccc1. The van der Waals surface area contributed by atoms with E-state index < -0.39 is 26.9 Å². The standard InChI is InChI=1S/C13H28O2.2C12H11O2P/c1-8-9(10(14)12(2,3)4)11(15)13(5,6)7;2*13-15(14,11-7-3-1-4-8-11)12-9-5-2-6-10-12/h9-11,14-15H,8H2,1-7H3;2*1-10H,(H,13,14). The Labute approximate surface area is 269 Å². The summed E-state index contributed by atoms with van der Waals surface area (Å²) in [6, 6.07) is 34.8. The van der Waals surface area contributed by atoms with Crippen molar-refractivity contribution in [2.24, 2.45) is 16.7 Å². The van der Waals surface area contributed by atoms with Gasteiger partial charge in [0, 0.05) is 27.1 Å². The van der Waals surface area contributed by atoms with Crippen molar-refractivity contribution in [3.63, 3.8) is 0 Å². The highest BCUT2D eigenvalue weighted by atomic mass is 31.2. The molecule has 244 valence electrons. The molecule has 0 aliphatic carbocycles. The van der Waals surface area contributed by atoms with Gasteiger partial charge in [0.15, 0.2) is 0 Å². The fourth-order valence-corrected chi connectivity index (χ4v) is 7.62. The molecule has 6 nitrogen and oxygen atoms in total. The Hall–Kier alpha value is -2.82. The van der Waals surface area contributed by atoms with Crippen LogP contribution >= 0.6 is 14.7 Å². The van der Waals surface area contributed by atoms with E-state index in [-0.39, 0.29) is 16.7 Å². The average molecular weight is 653 g/mol. The number of hydrogen-bond donors (Lipinski definition) is 4. The van der Waals surface area contributed by atoms with Crippen molar-refractivity contribution in [1.82, 2.24) is 0 Å². The highest BCUT2D eigenvalue weighted by molar-refractivity contribution is 7.73. The first-order valence-electron chi connectivity index (χ1n) is 15.2. The molecular formula is C37H50O6P2. The van der Waals surface area contributed by atoms with Crippen molar-refractivity contribution in [3.8, 4) is 0 Å². The number of hydrogen-bond acceptors (Lipinski definition) is 4. The number of rotatable bonds is 7. The molecule has 4 aromatic carbocycles. The van der Waals surface area contributed by atoms with Gasteiger partial charge in [0.05, 0.1) is 12.2 Å². The summed E-state index contributed by atoms with van der Waals surface area (Å²) in [5, 5.41) is 22.3. The number of benzene rings is 4. The fourth-order valence-electron chi connectivity index (χ4n) is 4.72. The highest BCUT2D eigenvalue weighted by Gasteiger charge is 2.38. The molecule has 0 aliphatic heterocycles. The molecule has 2 atom stereocenters. The summed E-state index contributed by atoms with van der Waals surface area (Å²) in [6.07, 6.45) is -0.120. The van der Waals surface area contributed by atoms with Crippen LogP contribution in [0.4, 0.5) is 0 Å². The second kappa shape index (κ2) is 16.7. The molecule has 0 saturated carbocycles. The summed E-state index contributed by atoms with van der Waals surface area (Å²) >= 11 is 0. The van der Waals surface area contributed by atoms with E-state index in [4.69, 9.17) is 0 Å². The normalized spacial score (nSPS) is 14.1. The minimum Gasteiger partial charge on any atom is -0.392 e. The summed E-state index contributed by atoms with van der Waals surface area (Å²) < 4.78 is 24.3. The first-order chi connectivity index (χ1) is 20.9. The van der Waals surface area contributed by atoms with E-state index in [1.807, 2.05) is 72.7 Å². The predicted octanol–water partition coefficient (Wildman–Crippen LogP) is 6.64. The second-order valence-corrected chi connectivity index (χ2v) is 17.6. The van der Waals surface area contributed by atoms with E-state index in [0.717, 1.165) is 6.42 Å².